The predicted octanol–water partition coefficient (Wildman–Crippen LogP) is 3.49. The van der Waals surface area contributed by atoms with Crippen LogP contribution in [0.25, 0.3) is 0 Å². The van der Waals surface area contributed by atoms with Gasteiger partial charge in [0, 0.05) is 5.56 Å². The number of sulfone groups is 1. The molecule has 0 atom stereocenters. The molecular weight excluding hydrogens is 450 g/mol. The molecule has 0 aliphatic heterocycles. The van der Waals surface area contributed by atoms with Crippen molar-refractivity contribution in [2.24, 2.45) is 0 Å². The second kappa shape index (κ2) is 8.57. The highest BCUT2D eigenvalue weighted by atomic mass is 79.9. The number of ether oxygens (including phenoxy) is 2. The van der Waals surface area contributed by atoms with E-state index in [1.807, 2.05) is 0 Å². The number of carbonyl (C=O) groups is 2. The number of carbonyl (C=O) groups excluding carboxylic acids is 2. The molecule has 2 aromatic rings. The van der Waals surface area contributed by atoms with E-state index in [2.05, 4.69) is 15.9 Å². The van der Waals surface area contributed by atoms with Gasteiger partial charge in [0.15, 0.2) is 12.4 Å². The Hall–Kier alpha value is -2.33. The molecule has 0 saturated heterocycles. The Bertz CT molecular complexity index is 958. The van der Waals surface area contributed by atoms with E-state index in [-0.39, 0.29) is 11.1 Å². The van der Waals surface area contributed by atoms with Crippen molar-refractivity contribution in [1.29, 1.82) is 0 Å². The monoisotopic (exact) mass is 462 g/mol. The molecule has 0 aliphatic rings. The first-order chi connectivity index (χ1) is 12.7. The quantitative estimate of drug-likeness (QED) is 0.462. The highest BCUT2D eigenvalue weighted by molar-refractivity contribution is 9.10. The Morgan fingerprint density at radius 3 is 2.19 bits per heavy atom. The van der Waals surface area contributed by atoms with Gasteiger partial charge in [-0.3, -0.25) is 4.79 Å². The molecule has 0 aromatic heterocycles. The SMILES string of the molecule is COc1ccc(C(=O)COC(=O)c2ccc(S(=O)(=O)C(F)F)cc2)cc1Br. The fourth-order valence-corrected chi connectivity index (χ4v) is 3.28. The Morgan fingerprint density at radius 1 is 1.07 bits per heavy atom. The molecule has 0 amide bonds. The zero-order valence-electron chi connectivity index (χ0n) is 13.8. The summed E-state index contributed by atoms with van der Waals surface area (Å²) in [5.41, 5.74) is 0.209. The summed E-state index contributed by atoms with van der Waals surface area (Å²) in [4.78, 5) is 23.4. The van der Waals surface area contributed by atoms with Gasteiger partial charge in [0.2, 0.25) is 9.84 Å². The smallest absolute Gasteiger partial charge is 0.341 e. The molecule has 144 valence electrons. The maximum atomic E-state index is 12.5. The molecule has 0 heterocycles. The summed E-state index contributed by atoms with van der Waals surface area (Å²) in [5, 5.41) is 0. The lowest BCUT2D eigenvalue weighted by Gasteiger charge is -2.08. The molecule has 2 rings (SSSR count). The number of hydrogen-bond donors (Lipinski definition) is 0. The van der Waals surface area contributed by atoms with Gasteiger partial charge in [-0.1, -0.05) is 0 Å². The van der Waals surface area contributed by atoms with Gasteiger partial charge in [-0.25, -0.2) is 13.2 Å². The van der Waals surface area contributed by atoms with E-state index in [1.165, 1.54) is 19.2 Å². The fourth-order valence-electron chi connectivity index (χ4n) is 2.02. The normalized spacial score (nSPS) is 11.3. The van der Waals surface area contributed by atoms with Gasteiger partial charge < -0.3 is 9.47 Å². The van der Waals surface area contributed by atoms with Crippen molar-refractivity contribution in [2.45, 2.75) is 10.7 Å². The summed E-state index contributed by atoms with van der Waals surface area (Å²) in [6, 6.07) is 8.41. The van der Waals surface area contributed by atoms with Crippen molar-refractivity contribution >= 4 is 37.5 Å². The van der Waals surface area contributed by atoms with Crippen LogP contribution >= 0.6 is 15.9 Å². The van der Waals surface area contributed by atoms with Gasteiger partial charge in [0.1, 0.15) is 5.75 Å². The van der Waals surface area contributed by atoms with Gasteiger partial charge in [-0.2, -0.15) is 8.78 Å². The van der Waals surface area contributed by atoms with Gasteiger partial charge in [0.05, 0.1) is 22.0 Å². The fraction of sp³-hybridized carbons (Fsp3) is 0.176. The van der Waals surface area contributed by atoms with Crippen molar-refractivity contribution in [3.8, 4) is 5.75 Å². The molecule has 0 unspecified atom stereocenters. The molecule has 0 aliphatic carbocycles. The Balaban J connectivity index is 2.03. The number of alkyl halides is 2. The van der Waals surface area contributed by atoms with Crippen molar-refractivity contribution in [2.75, 3.05) is 13.7 Å². The summed E-state index contributed by atoms with van der Waals surface area (Å²) in [7, 11) is -3.27. The number of methoxy groups -OCH3 is 1. The van der Waals surface area contributed by atoms with E-state index in [9.17, 15) is 26.8 Å². The molecule has 27 heavy (non-hydrogen) atoms. The number of hydrogen-bond acceptors (Lipinski definition) is 6. The van der Waals surface area contributed by atoms with Gasteiger partial charge in [0.25, 0.3) is 0 Å². The topological polar surface area (TPSA) is 86.7 Å². The molecule has 2 aromatic carbocycles. The Labute approximate surface area is 162 Å². The minimum Gasteiger partial charge on any atom is -0.496 e. The standard InChI is InChI=1S/C17H13BrF2O6S/c1-25-15-7-4-11(8-13(15)18)14(21)9-26-16(22)10-2-5-12(6-3-10)27(23,24)17(19)20/h2-8,17H,9H2,1H3. The van der Waals surface area contributed by atoms with Crippen LogP contribution in [0.3, 0.4) is 0 Å². The summed E-state index contributed by atoms with van der Waals surface area (Å²) in [5.74, 6) is -4.39. The number of rotatable bonds is 7. The van der Waals surface area contributed by atoms with Crippen LogP contribution < -0.4 is 4.74 Å². The van der Waals surface area contributed by atoms with Crippen LogP contribution in [0.4, 0.5) is 8.78 Å². The molecule has 0 N–H and O–H groups in total. The number of benzene rings is 2. The van der Waals surface area contributed by atoms with E-state index in [1.54, 1.807) is 6.07 Å². The van der Waals surface area contributed by atoms with Crippen LogP contribution in [0.5, 0.6) is 5.75 Å². The first kappa shape index (κ1) is 21.0. The van der Waals surface area contributed by atoms with Gasteiger partial charge >= 0.3 is 11.7 Å². The predicted molar refractivity (Wildman–Crippen MR) is 94.9 cm³/mol. The van der Waals surface area contributed by atoms with Gasteiger partial charge in [-0.05, 0) is 58.4 Å². The third-order valence-corrected chi connectivity index (χ3v) is 5.48. The van der Waals surface area contributed by atoms with E-state index in [0.29, 0.717) is 10.2 Å². The second-order valence-electron chi connectivity index (χ2n) is 5.18. The number of esters is 1. The highest BCUT2D eigenvalue weighted by Gasteiger charge is 2.26. The van der Waals surface area contributed by atoms with Crippen molar-refractivity contribution < 1.29 is 36.3 Å². The van der Waals surface area contributed by atoms with Crippen molar-refractivity contribution in [3.05, 3.63) is 58.1 Å². The molecule has 0 spiro atoms. The van der Waals surface area contributed by atoms with Gasteiger partial charge in [-0.15, -0.1) is 0 Å². The van der Waals surface area contributed by atoms with Crippen LogP contribution in [0.1, 0.15) is 20.7 Å². The number of Topliss-reactive ketones (excluding diaryl/α,β-unsaturated/α-hetero) is 1. The van der Waals surface area contributed by atoms with Crippen LogP contribution in [-0.4, -0.2) is 39.6 Å². The minimum atomic E-state index is -4.75. The Kier molecular flexibility index (Phi) is 6.66. The average molecular weight is 463 g/mol. The summed E-state index contributed by atoms with van der Waals surface area (Å²) < 4.78 is 58.1. The third-order valence-electron chi connectivity index (χ3n) is 3.46. The van der Waals surface area contributed by atoms with Crippen molar-refractivity contribution in [1.82, 2.24) is 0 Å². The van der Waals surface area contributed by atoms with E-state index >= 15 is 0 Å². The maximum absolute atomic E-state index is 12.5. The summed E-state index contributed by atoms with van der Waals surface area (Å²) in [6.45, 7) is -0.547. The Morgan fingerprint density at radius 2 is 1.67 bits per heavy atom. The average Bonchev–Trinajstić information content (AvgIpc) is 2.65. The van der Waals surface area contributed by atoms with Crippen LogP contribution in [0.15, 0.2) is 51.8 Å². The zero-order chi connectivity index (χ0) is 20.2. The van der Waals surface area contributed by atoms with E-state index in [0.717, 1.165) is 24.3 Å². The van der Waals surface area contributed by atoms with Crippen LogP contribution in [0.2, 0.25) is 0 Å². The molecule has 0 radical (unpaired) electrons. The third kappa shape index (κ3) is 4.89. The minimum absolute atomic E-state index is 0.0769. The largest absolute Gasteiger partial charge is 0.496 e. The lowest BCUT2D eigenvalue weighted by atomic mass is 10.1. The summed E-state index contributed by atoms with van der Waals surface area (Å²) >= 11 is 3.24. The highest BCUT2D eigenvalue weighted by Crippen LogP contribution is 2.25. The van der Waals surface area contributed by atoms with E-state index < -0.39 is 38.8 Å². The number of halogens is 3. The summed E-state index contributed by atoms with van der Waals surface area (Å²) in [6.07, 6.45) is 0. The maximum Gasteiger partial charge on any atom is 0.341 e. The number of ketones is 1. The zero-order valence-corrected chi connectivity index (χ0v) is 16.2. The molecule has 0 saturated carbocycles. The first-order valence-corrected chi connectivity index (χ1v) is 9.66. The van der Waals surface area contributed by atoms with Crippen LogP contribution in [0, 0.1) is 0 Å². The lowest BCUT2D eigenvalue weighted by Crippen LogP contribution is -2.15. The molecule has 0 bridgehead atoms. The van der Waals surface area contributed by atoms with Crippen LogP contribution in [-0.2, 0) is 14.6 Å². The van der Waals surface area contributed by atoms with Crippen molar-refractivity contribution in [3.63, 3.8) is 0 Å². The molecular formula is C17H13BrF2O6S. The molecule has 10 heteroatoms. The first-order valence-electron chi connectivity index (χ1n) is 7.32. The second-order valence-corrected chi connectivity index (χ2v) is 7.95. The molecule has 0 fully saturated rings. The molecule has 6 nitrogen and oxygen atoms in total. The van der Waals surface area contributed by atoms with E-state index in [4.69, 9.17) is 9.47 Å². The lowest BCUT2D eigenvalue weighted by molar-refractivity contribution is 0.0474.